The third kappa shape index (κ3) is 6.51. The second-order valence-corrected chi connectivity index (χ2v) is 5.70. The molecule has 0 spiro atoms. The number of aliphatic hydroxyl groups is 2. The van der Waals surface area contributed by atoms with Crippen LogP contribution in [0.2, 0.25) is 0 Å². The zero-order valence-electron chi connectivity index (χ0n) is 13.8. The molecular formula is C14H27N3O6. The number of carboxylic acids is 1. The van der Waals surface area contributed by atoms with E-state index in [1.54, 1.807) is 6.92 Å². The molecule has 0 aliphatic heterocycles. The number of carboxylic acid groups (broad SMARTS) is 1. The van der Waals surface area contributed by atoms with Crippen molar-refractivity contribution in [1.29, 1.82) is 0 Å². The van der Waals surface area contributed by atoms with Crippen LogP contribution in [0.1, 0.15) is 34.1 Å². The zero-order chi connectivity index (χ0) is 18.3. The first kappa shape index (κ1) is 21.3. The van der Waals surface area contributed by atoms with Crippen molar-refractivity contribution in [2.45, 2.75) is 64.4 Å². The quantitative estimate of drug-likeness (QED) is 0.289. The Balaban J connectivity index is 5.01. The second-order valence-electron chi connectivity index (χ2n) is 5.70. The summed E-state index contributed by atoms with van der Waals surface area (Å²) in [6.45, 7) is 6.11. The summed E-state index contributed by atoms with van der Waals surface area (Å²) < 4.78 is 0. The lowest BCUT2D eigenvalue weighted by molar-refractivity contribution is -0.145. The van der Waals surface area contributed by atoms with Crippen LogP contribution in [-0.2, 0) is 14.4 Å². The molecule has 0 aromatic carbocycles. The summed E-state index contributed by atoms with van der Waals surface area (Å²) in [5, 5.41) is 32.4. The smallest absolute Gasteiger partial charge is 0.328 e. The van der Waals surface area contributed by atoms with Gasteiger partial charge in [0.2, 0.25) is 11.8 Å². The van der Waals surface area contributed by atoms with Gasteiger partial charge in [-0.3, -0.25) is 9.59 Å². The first-order valence-corrected chi connectivity index (χ1v) is 7.48. The van der Waals surface area contributed by atoms with Gasteiger partial charge >= 0.3 is 5.97 Å². The Labute approximate surface area is 135 Å². The molecule has 23 heavy (non-hydrogen) atoms. The SMILES string of the molecule is CCC(C)C(N)C(=O)NC(C(=O)NC(C(=O)O)C(C)O)C(C)O. The molecule has 0 aromatic heterocycles. The van der Waals surface area contributed by atoms with Crippen LogP contribution in [0.25, 0.3) is 0 Å². The van der Waals surface area contributed by atoms with Crippen molar-refractivity contribution in [3.63, 3.8) is 0 Å². The summed E-state index contributed by atoms with van der Waals surface area (Å²) in [6.07, 6.45) is -1.96. The second kappa shape index (κ2) is 9.43. The Bertz CT molecular complexity index is 427. The van der Waals surface area contributed by atoms with Gasteiger partial charge in [-0.2, -0.15) is 0 Å². The van der Waals surface area contributed by atoms with Gasteiger partial charge in [0.15, 0.2) is 6.04 Å². The van der Waals surface area contributed by atoms with Gasteiger partial charge < -0.3 is 31.7 Å². The van der Waals surface area contributed by atoms with Gasteiger partial charge in [-0.25, -0.2) is 4.79 Å². The number of carbonyl (C=O) groups is 3. The van der Waals surface area contributed by atoms with Gasteiger partial charge in [-0.1, -0.05) is 20.3 Å². The van der Waals surface area contributed by atoms with Crippen LogP contribution in [0.5, 0.6) is 0 Å². The number of rotatable bonds is 9. The molecule has 6 atom stereocenters. The maximum Gasteiger partial charge on any atom is 0.328 e. The topological polar surface area (TPSA) is 162 Å². The molecule has 7 N–H and O–H groups in total. The highest BCUT2D eigenvalue weighted by Crippen LogP contribution is 2.06. The summed E-state index contributed by atoms with van der Waals surface area (Å²) in [4.78, 5) is 35.1. The number of aliphatic carboxylic acids is 1. The molecule has 0 bridgehead atoms. The lowest BCUT2D eigenvalue weighted by Gasteiger charge is -2.26. The molecule has 0 rings (SSSR count). The van der Waals surface area contributed by atoms with Crippen molar-refractivity contribution in [1.82, 2.24) is 10.6 Å². The summed E-state index contributed by atoms with van der Waals surface area (Å²) in [5.74, 6) is -3.10. The maximum atomic E-state index is 12.1. The van der Waals surface area contributed by atoms with Gasteiger partial charge in [0.25, 0.3) is 0 Å². The van der Waals surface area contributed by atoms with Crippen LogP contribution >= 0.6 is 0 Å². The van der Waals surface area contributed by atoms with E-state index in [4.69, 9.17) is 10.8 Å². The summed E-state index contributed by atoms with van der Waals surface area (Å²) in [6, 6.07) is -3.79. The molecule has 0 aliphatic rings. The van der Waals surface area contributed by atoms with Gasteiger partial charge in [0, 0.05) is 0 Å². The minimum Gasteiger partial charge on any atom is -0.480 e. The number of nitrogens with one attached hydrogen (secondary N) is 2. The fraction of sp³-hybridized carbons (Fsp3) is 0.786. The Kier molecular flexibility index (Phi) is 8.73. The lowest BCUT2D eigenvalue weighted by atomic mass is 9.98. The Morgan fingerprint density at radius 2 is 1.39 bits per heavy atom. The molecule has 9 heteroatoms. The van der Waals surface area contributed by atoms with Crippen molar-refractivity contribution in [2.24, 2.45) is 11.7 Å². The minimum absolute atomic E-state index is 0.128. The number of hydrogen-bond donors (Lipinski definition) is 6. The van der Waals surface area contributed by atoms with Crippen molar-refractivity contribution in [2.75, 3.05) is 0 Å². The number of nitrogens with two attached hydrogens (primary N) is 1. The molecule has 134 valence electrons. The van der Waals surface area contributed by atoms with Gasteiger partial charge in [0.05, 0.1) is 18.2 Å². The van der Waals surface area contributed by atoms with E-state index in [-0.39, 0.29) is 5.92 Å². The Morgan fingerprint density at radius 1 is 0.957 bits per heavy atom. The predicted octanol–water partition coefficient (Wildman–Crippen LogP) is -1.82. The van der Waals surface area contributed by atoms with Crippen LogP contribution < -0.4 is 16.4 Å². The molecular weight excluding hydrogens is 306 g/mol. The van der Waals surface area contributed by atoms with E-state index in [0.717, 1.165) is 0 Å². The number of amides is 2. The number of hydrogen-bond acceptors (Lipinski definition) is 6. The predicted molar refractivity (Wildman–Crippen MR) is 82.3 cm³/mol. The van der Waals surface area contributed by atoms with Gasteiger partial charge in [-0.15, -0.1) is 0 Å². The molecule has 0 heterocycles. The van der Waals surface area contributed by atoms with Crippen molar-refractivity contribution >= 4 is 17.8 Å². The van der Waals surface area contributed by atoms with Crippen molar-refractivity contribution in [3.8, 4) is 0 Å². The molecule has 0 aliphatic carbocycles. The van der Waals surface area contributed by atoms with Crippen molar-refractivity contribution < 1.29 is 29.7 Å². The summed E-state index contributed by atoms with van der Waals surface area (Å²) in [5.41, 5.74) is 5.76. The number of carbonyl (C=O) groups excluding carboxylic acids is 2. The fourth-order valence-electron chi connectivity index (χ4n) is 1.80. The van der Waals surface area contributed by atoms with Crippen LogP contribution in [-0.4, -0.2) is 63.4 Å². The fourth-order valence-corrected chi connectivity index (χ4v) is 1.80. The monoisotopic (exact) mass is 333 g/mol. The Morgan fingerprint density at radius 3 is 1.74 bits per heavy atom. The molecule has 2 amide bonds. The molecule has 0 saturated heterocycles. The first-order valence-electron chi connectivity index (χ1n) is 7.48. The highest BCUT2D eigenvalue weighted by molar-refractivity contribution is 5.92. The highest BCUT2D eigenvalue weighted by atomic mass is 16.4. The van der Waals surface area contributed by atoms with Crippen LogP contribution in [0.3, 0.4) is 0 Å². The largest absolute Gasteiger partial charge is 0.480 e. The minimum atomic E-state index is -1.55. The third-order valence-electron chi connectivity index (χ3n) is 3.67. The molecule has 0 saturated carbocycles. The zero-order valence-corrected chi connectivity index (χ0v) is 13.8. The van der Waals surface area contributed by atoms with Crippen LogP contribution in [0.15, 0.2) is 0 Å². The molecule has 0 fully saturated rings. The lowest BCUT2D eigenvalue weighted by Crippen LogP contribution is -2.60. The average Bonchev–Trinajstić information content (AvgIpc) is 2.46. The van der Waals surface area contributed by atoms with E-state index in [2.05, 4.69) is 10.6 Å². The Hall–Kier alpha value is -1.71. The third-order valence-corrected chi connectivity index (χ3v) is 3.67. The summed E-state index contributed by atoms with van der Waals surface area (Å²) >= 11 is 0. The van der Waals surface area contributed by atoms with Crippen LogP contribution in [0, 0.1) is 5.92 Å². The number of aliphatic hydroxyl groups excluding tert-OH is 2. The van der Waals surface area contributed by atoms with E-state index in [9.17, 15) is 24.6 Å². The van der Waals surface area contributed by atoms with Gasteiger partial charge in [-0.05, 0) is 19.8 Å². The van der Waals surface area contributed by atoms with Crippen molar-refractivity contribution in [3.05, 3.63) is 0 Å². The molecule has 0 aromatic rings. The molecule has 9 nitrogen and oxygen atoms in total. The normalized spacial score (nSPS) is 18.9. The first-order chi connectivity index (χ1) is 10.5. The van der Waals surface area contributed by atoms with E-state index in [0.29, 0.717) is 6.42 Å². The standard InChI is InChI=1S/C14H27N3O6/c1-5-6(2)9(15)12(20)16-10(7(3)18)13(21)17-11(8(4)19)14(22)23/h6-11,18-19H,5,15H2,1-4H3,(H,16,20)(H,17,21)(H,22,23). The van der Waals surface area contributed by atoms with E-state index in [1.807, 2.05) is 6.92 Å². The van der Waals surface area contributed by atoms with E-state index >= 15 is 0 Å². The average molecular weight is 333 g/mol. The summed E-state index contributed by atoms with van der Waals surface area (Å²) in [7, 11) is 0. The molecule has 6 unspecified atom stereocenters. The van der Waals surface area contributed by atoms with Gasteiger partial charge in [0.1, 0.15) is 6.04 Å². The molecule has 0 radical (unpaired) electrons. The van der Waals surface area contributed by atoms with E-state index < -0.39 is 48.1 Å². The highest BCUT2D eigenvalue weighted by Gasteiger charge is 2.33. The van der Waals surface area contributed by atoms with Crippen LogP contribution in [0.4, 0.5) is 0 Å². The maximum absolute atomic E-state index is 12.1. The van der Waals surface area contributed by atoms with E-state index in [1.165, 1.54) is 13.8 Å².